The summed E-state index contributed by atoms with van der Waals surface area (Å²) in [5, 5.41) is 0. The van der Waals surface area contributed by atoms with Crippen molar-refractivity contribution in [2.24, 2.45) is 11.1 Å². The van der Waals surface area contributed by atoms with Crippen molar-refractivity contribution in [3.8, 4) is 5.75 Å². The van der Waals surface area contributed by atoms with Gasteiger partial charge in [0.05, 0.1) is 12.5 Å². The molecule has 0 spiro atoms. The van der Waals surface area contributed by atoms with Gasteiger partial charge in [-0.05, 0) is 45.0 Å². The summed E-state index contributed by atoms with van der Waals surface area (Å²) in [6.45, 7) is 5.54. The smallest absolute Gasteiger partial charge is 0.224 e. The van der Waals surface area contributed by atoms with E-state index in [1.54, 1.807) is 20.1 Å². The van der Waals surface area contributed by atoms with Crippen molar-refractivity contribution in [1.82, 2.24) is 4.90 Å². The molecule has 1 unspecified atom stereocenters. The van der Waals surface area contributed by atoms with Crippen molar-refractivity contribution in [3.05, 3.63) is 29.3 Å². The van der Waals surface area contributed by atoms with E-state index in [2.05, 4.69) is 4.90 Å². The molecular formula is C16H22N2O3. The molecular weight excluding hydrogens is 268 g/mol. The lowest BCUT2D eigenvalue weighted by Crippen LogP contribution is -2.36. The molecule has 1 heterocycles. The summed E-state index contributed by atoms with van der Waals surface area (Å²) >= 11 is 0. The average Bonchev–Trinajstić information content (AvgIpc) is 2.81. The van der Waals surface area contributed by atoms with Gasteiger partial charge in [-0.2, -0.15) is 0 Å². The minimum atomic E-state index is -0.467. The van der Waals surface area contributed by atoms with Crippen LogP contribution in [0.3, 0.4) is 0 Å². The third-order valence-electron chi connectivity index (χ3n) is 4.23. The molecule has 0 aromatic heterocycles. The van der Waals surface area contributed by atoms with Gasteiger partial charge >= 0.3 is 0 Å². The maximum Gasteiger partial charge on any atom is 0.224 e. The number of amides is 1. The fourth-order valence-corrected chi connectivity index (χ4v) is 2.75. The van der Waals surface area contributed by atoms with Gasteiger partial charge in [-0.25, -0.2) is 0 Å². The third-order valence-corrected chi connectivity index (χ3v) is 4.23. The number of Topliss-reactive ketones (excluding diaryl/α,β-unsaturated/α-hetero) is 1. The summed E-state index contributed by atoms with van der Waals surface area (Å²) in [7, 11) is 1.61. The molecule has 2 rings (SSSR count). The number of methoxy groups -OCH3 is 1. The van der Waals surface area contributed by atoms with Crippen molar-refractivity contribution >= 4 is 11.7 Å². The van der Waals surface area contributed by atoms with E-state index in [1.807, 2.05) is 19.1 Å². The normalized spacial score (nSPS) is 22.2. The molecule has 21 heavy (non-hydrogen) atoms. The largest absolute Gasteiger partial charge is 0.496 e. The van der Waals surface area contributed by atoms with Crippen molar-refractivity contribution in [2.45, 2.75) is 26.8 Å². The molecule has 1 aliphatic heterocycles. The molecule has 1 aromatic rings. The summed E-state index contributed by atoms with van der Waals surface area (Å²) in [5.41, 5.74) is 6.63. The average molecular weight is 290 g/mol. The molecule has 5 nitrogen and oxygen atoms in total. The summed E-state index contributed by atoms with van der Waals surface area (Å²) in [6.07, 6.45) is 0.761. The first-order valence-electron chi connectivity index (χ1n) is 7.06. The fraction of sp³-hybridized carbons (Fsp3) is 0.500. The van der Waals surface area contributed by atoms with Gasteiger partial charge in [-0.3, -0.25) is 14.5 Å². The Morgan fingerprint density at radius 2 is 2.14 bits per heavy atom. The van der Waals surface area contributed by atoms with Crippen molar-refractivity contribution in [2.75, 3.05) is 20.2 Å². The summed E-state index contributed by atoms with van der Waals surface area (Å²) < 4.78 is 5.36. The van der Waals surface area contributed by atoms with Crippen molar-refractivity contribution in [1.29, 1.82) is 0 Å². The molecule has 1 fully saturated rings. The van der Waals surface area contributed by atoms with Gasteiger partial charge in [0.25, 0.3) is 0 Å². The number of primary amides is 1. The van der Waals surface area contributed by atoms with E-state index in [0.717, 1.165) is 24.3 Å². The van der Waals surface area contributed by atoms with Crippen LogP contribution in [0.4, 0.5) is 0 Å². The number of carbonyl (C=O) groups excluding carboxylic acids is 2. The first-order valence-corrected chi connectivity index (χ1v) is 7.06. The number of carbonyl (C=O) groups is 2. The number of hydrogen-bond donors (Lipinski definition) is 1. The predicted octanol–water partition coefficient (Wildman–Crippen LogP) is 1.60. The topological polar surface area (TPSA) is 72.6 Å². The second-order valence-corrected chi connectivity index (χ2v) is 5.97. The number of hydrogen-bond acceptors (Lipinski definition) is 4. The second-order valence-electron chi connectivity index (χ2n) is 5.97. The Bertz CT molecular complexity index is 571. The Hall–Kier alpha value is -1.88. The van der Waals surface area contributed by atoms with Crippen LogP contribution in [0, 0.1) is 5.41 Å². The molecule has 0 aliphatic carbocycles. The van der Waals surface area contributed by atoms with E-state index >= 15 is 0 Å². The van der Waals surface area contributed by atoms with Crippen LogP contribution in [0.15, 0.2) is 18.2 Å². The van der Waals surface area contributed by atoms with Gasteiger partial charge in [-0.1, -0.05) is 0 Å². The summed E-state index contributed by atoms with van der Waals surface area (Å²) in [4.78, 5) is 25.2. The molecule has 1 atom stereocenters. The highest BCUT2D eigenvalue weighted by atomic mass is 16.5. The standard InChI is InChI=1S/C16H22N2O3/c1-11(19)12-4-5-14(21-3)13(8-12)9-18-7-6-16(2,10-18)15(17)20/h4-5,8H,6-7,9-10H2,1-3H3,(H2,17,20). The summed E-state index contributed by atoms with van der Waals surface area (Å²) in [6, 6.07) is 5.44. The Morgan fingerprint density at radius 3 is 2.67 bits per heavy atom. The quantitative estimate of drug-likeness (QED) is 0.836. The van der Waals surface area contributed by atoms with E-state index in [9.17, 15) is 9.59 Å². The minimum absolute atomic E-state index is 0.0299. The molecule has 1 saturated heterocycles. The molecule has 114 valence electrons. The first-order chi connectivity index (χ1) is 9.85. The SMILES string of the molecule is COc1ccc(C(C)=O)cc1CN1CCC(C)(C(N)=O)C1. The zero-order chi connectivity index (χ0) is 15.6. The van der Waals surface area contributed by atoms with Crippen molar-refractivity contribution in [3.63, 3.8) is 0 Å². The van der Waals surface area contributed by atoms with E-state index in [1.165, 1.54) is 0 Å². The number of benzene rings is 1. The lowest BCUT2D eigenvalue weighted by atomic mass is 9.89. The number of nitrogens with two attached hydrogens (primary N) is 1. The third kappa shape index (κ3) is 3.24. The van der Waals surface area contributed by atoms with E-state index in [0.29, 0.717) is 18.7 Å². The molecule has 0 radical (unpaired) electrons. The Labute approximate surface area is 125 Å². The lowest BCUT2D eigenvalue weighted by Gasteiger charge is -2.22. The zero-order valence-corrected chi connectivity index (χ0v) is 12.8. The van der Waals surface area contributed by atoms with Gasteiger partial charge < -0.3 is 10.5 Å². The Morgan fingerprint density at radius 1 is 1.43 bits per heavy atom. The molecule has 0 saturated carbocycles. The summed E-state index contributed by atoms with van der Waals surface area (Å²) in [5.74, 6) is 0.532. The number of likely N-dealkylation sites (tertiary alicyclic amines) is 1. The van der Waals surface area contributed by atoms with Gasteiger partial charge in [-0.15, -0.1) is 0 Å². The maximum absolute atomic E-state index is 11.5. The highest BCUT2D eigenvalue weighted by Gasteiger charge is 2.38. The Balaban J connectivity index is 2.18. The predicted molar refractivity (Wildman–Crippen MR) is 80.2 cm³/mol. The lowest BCUT2D eigenvalue weighted by molar-refractivity contribution is -0.126. The van der Waals surface area contributed by atoms with Gasteiger partial charge in [0.15, 0.2) is 5.78 Å². The number of rotatable bonds is 5. The van der Waals surface area contributed by atoms with Crippen LogP contribution in [0.5, 0.6) is 5.75 Å². The molecule has 1 amide bonds. The van der Waals surface area contributed by atoms with Gasteiger partial charge in [0, 0.05) is 24.2 Å². The van der Waals surface area contributed by atoms with Crippen molar-refractivity contribution < 1.29 is 14.3 Å². The van der Waals surface area contributed by atoms with Crippen LogP contribution in [-0.2, 0) is 11.3 Å². The first kappa shape index (κ1) is 15.5. The van der Waals surface area contributed by atoms with Crippen LogP contribution in [0.1, 0.15) is 36.2 Å². The van der Waals surface area contributed by atoms with Crippen LogP contribution in [-0.4, -0.2) is 36.8 Å². The van der Waals surface area contributed by atoms with E-state index in [4.69, 9.17) is 10.5 Å². The van der Waals surface area contributed by atoms with E-state index < -0.39 is 5.41 Å². The monoisotopic (exact) mass is 290 g/mol. The molecule has 5 heteroatoms. The molecule has 2 N–H and O–H groups in total. The fourth-order valence-electron chi connectivity index (χ4n) is 2.75. The minimum Gasteiger partial charge on any atom is -0.496 e. The van der Waals surface area contributed by atoms with Crippen LogP contribution in [0.2, 0.25) is 0 Å². The van der Waals surface area contributed by atoms with Crippen LogP contribution in [0.25, 0.3) is 0 Å². The van der Waals surface area contributed by atoms with Crippen LogP contribution < -0.4 is 10.5 Å². The number of nitrogens with zero attached hydrogens (tertiary/aromatic N) is 1. The highest BCUT2D eigenvalue weighted by molar-refractivity contribution is 5.94. The Kier molecular flexibility index (Phi) is 4.32. The maximum atomic E-state index is 11.5. The van der Waals surface area contributed by atoms with Gasteiger partial charge in [0.2, 0.25) is 5.91 Å². The van der Waals surface area contributed by atoms with E-state index in [-0.39, 0.29) is 11.7 Å². The number of ketones is 1. The number of ether oxygens (including phenoxy) is 1. The second kappa shape index (κ2) is 5.85. The molecule has 0 bridgehead atoms. The molecule has 1 aliphatic rings. The zero-order valence-electron chi connectivity index (χ0n) is 12.8. The van der Waals surface area contributed by atoms with Crippen LogP contribution >= 0.6 is 0 Å². The van der Waals surface area contributed by atoms with Gasteiger partial charge in [0.1, 0.15) is 5.75 Å². The molecule has 1 aromatic carbocycles. The highest BCUT2D eigenvalue weighted by Crippen LogP contribution is 2.32.